The van der Waals surface area contributed by atoms with Gasteiger partial charge in [0.2, 0.25) is 0 Å². The van der Waals surface area contributed by atoms with Gasteiger partial charge in [-0.3, -0.25) is 0 Å². The number of fused-ring (bicyclic) bond motifs is 1. The van der Waals surface area contributed by atoms with E-state index >= 15 is 0 Å². The van der Waals surface area contributed by atoms with Gasteiger partial charge < -0.3 is 9.67 Å². The Bertz CT molecular complexity index is 517. The lowest BCUT2D eigenvalue weighted by Gasteiger charge is -2.29. The van der Waals surface area contributed by atoms with Crippen LogP contribution in [0.3, 0.4) is 0 Å². The van der Waals surface area contributed by atoms with Gasteiger partial charge >= 0.3 is 0 Å². The molecular weight excluding hydrogens is 234 g/mol. The Morgan fingerprint density at radius 2 is 1.94 bits per heavy atom. The summed E-state index contributed by atoms with van der Waals surface area (Å²) in [5.41, 5.74) is 2.27. The van der Waals surface area contributed by atoms with E-state index in [4.69, 9.17) is 11.6 Å². The highest BCUT2D eigenvalue weighted by molar-refractivity contribution is 6.30. The third-order valence-electron chi connectivity index (χ3n) is 3.47. The van der Waals surface area contributed by atoms with Gasteiger partial charge in [-0.25, -0.2) is 0 Å². The smallest absolute Gasteiger partial charge is 0.0946 e. The van der Waals surface area contributed by atoms with Crippen molar-refractivity contribution in [3.8, 4) is 0 Å². The SMILES string of the molecule is O[C@@H]1C[C@H](c2ccc(Cl)cc2)Cn2cccc21. The van der Waals surface area contributed by atoms with Crippen LogP contribution in [0.25, 0.3) is 0 Å². The molecule has 1 aromatic carbocycles. The lowest BCUT2D eigenvalue weighted by atomic mass is 9.89. The van der Waals surface area contributed by atoms with Gasteiger partial charge in [0, 0.05) is 29.4 Å². The summed E-state index contributed by atoms with van der Waals surface area (Å²) in [5, 5.41) is 10.8. The highest BCUT2D eigenvalue weighted by Crippen LogP contribution is 2.35. The standard InChI is InChI=1S/C14H14ClNO/c15-12-5-3-10(4-6-12)11-8-14(17)13-2-1-7-16(13)9-11/h1-7,11,14,17H,8-9H2/t11-,14+/m0/s1. The zero-order valence-corrected chi connectivity index (χ0v) is 10.1. The van der Waals surface area contributed by atoms with Crippen LogP contribution in [0.1, 0.15) is 29.7 Å². The topological polar surface area (TPSA) is 25.2 Å². The van der Waals surface area contributed by atoms with Crippen molar-refractivity contribution in [2.24, 2.45) is 0 Å². The Kier molecular flexibility index (Phi) is 2.69. The number of halogens is 1. The summed E-state index contributed by atoms with van der Waals surface area (Å²) in [6, 6.07) is 11.9. The van der Waals surface area contributed by atoms with E-state index in [-0.39, 0.29) is 6.10 Å². The predicted octanol–water partition coefficient (Wildman–Crippen LogP) is 3.36. The van der Waals surface area contributed by atoms with Crippen LogP contribution in [0.4, 0.5) is 0 Å². The maximum atomic E-state index is 10.1. The van der Waals surface area contributed by atoms with E-state index in [1.807, 2.05) is 42.6 Å². The highest BCUT2D eigenvalue weighted by Gasteiger charge is 2.25. The molecule has 1 N–H and O–H groups in total. The van der Waals surface area contributed by atoms with Gasteiger partial charge in [0.25, 0.3) is 0 Å². The van der Waals surface area contributed by atoms with Crippen molar-refractivity contribution in [3.05, 3.63) is 58.9 Å². The third-order valence-corrected chi connectivity index (χ3v) is 3.72. The molecule has 2 heterocycles. The predicted molar refractivity (Wildman–Crippen MR) is 68.2 cm³/mol. The number of aliphatic hydroxyl groups excluding tert-OH is 1. The third kappa shape index (κ3) is 1.99. The molecule has 0 saturated carbocycles. The Hall–Kier alpha value is -1.25. The molecule has 2 aromatic rings. The zero-order valence-electron chi connectivity index (χ0n) is 9.38. The van der Waals surface area contributed by atoms with Crippen LogP contribution in [0.5, 0.6) is 0 Å². The first-order chi connectivity index (χ1) is 8.24. The molecule has 0 bridgehead atoms. The molecule has 3 heteroatoms. The minimum atomic E-state index is -0.362. The van der Waals surface area contributed by atoms with E-state index in [9.17, 15) is 5.11 Å². The van der Waals surface area contributed by atoms with Crippen molar-refractivity contribution in [1.82, 2.24) is 4.57 Å². The molecule has 0 saturated heterocycles. The minimum Gasteiger partial charge on any atom is -0.387 e. The van der Waals surface area contributed by atoms with Crippen molar-refractivity contribution >= 4 is 11.6 Å². The fourth-order valence-corrected chi connectivity index (χ4v) is 2.70. The number of aromatic nitrogens is 1. The van der Waals surface area contributed by atoms with Crippen LogP contribution in [0.2, 0.25) is 5.02 Å². The second-order valence-corrected chi connectivity index (χ2v) is 5.02. The van der Waals surface area contributed by atoms with Crippen molar-refractivity contribution in [2.45, 2.75) is 25.0 Å². The molecule has 17 heavy (non-hydrogen) atoms. The quantitative estimate of drug-likeness (QED) is 0.821. The van der Waals surface area contributed by atoms with Gasteiger partial charge in [-0.2, -0.15) is 0 Å². The molecule has 1 aliphatic rings. The van der Waals surface area contributed by atoms with Crippen LogP contribution in [-0.4, -0.2) is 9.67 Å². The maximum absolute atomic E-state index is 10.1. The average molecular weight is 248 g/mol. The zero-order chi connectivity index (χ0) is 11.8. The summed E-state index contributed by atoms with van der Waals surface area (Å²) < 4.78 is 2.13. The largest absolute Gasteiger partial charge is 0.387 e. The molecule has 0 fully saturated rings. The first-order valence-electron chi connectivity index (χ1n) is 5.82. The van der Waals surface area contributed by atoms with E-state index in [1.165, 1.54) is 5.56 Å². The van der Waals surface area contributed by atoms with Crippen LogP contribution in [0, 0.1) is 0 Å². The fourth-order valence-electron chi connectivity index (χ4n) is 2.57. The minimum absolute atomic E-state index is 0.362. The maximum Gasteiger partial charge on any atom is 0.0946 e. The van der Waals surface area contributed by atoms with Crippen LogP contribution < -0.4 is 0 Å². The summed E-state index contributed by atoms with van der Waals surface area (Å²) in [6.45, 7) is 0.932. The molecule has 2 nitrogen and oxygen atoms in total. The summed E-state index contributed by atoms with van der Waals surface area (Å²) >= 11 is 5.89. The lowest BCUT2D eigenvalue weighted by Crippen LogP contribution is -2.21. The molecule has 0 amide bonds. The average Bonchev–Trinajstić information content (AvgIpc) is 2.78. The van der Waals surface area contributed by atoms with Crippen molar-refractivity contribution in [3.63, 3.8) is 0 Å². The van der Waals surface area contributed by atoms with E-state index in [1.54, 1.807) is 0 Å². The number of benzene rings is 1. The molecule has 0 unspecified atom stereocenters. The number of nitrogens with zero attached hydrogens (tertiary/aromatic N) is 1. The normalized spacial score (nSPS) is 23.4. The first kappa shape index (κ1) is 10.9. The van der Waals surface area contributed by atoms with Gasteiger partial charge in [-0.15, -0.1) is 0 Å². The number of hydrogen-bond acceptors (Lipinski definition) is 1. The Morgan fingerprint density at radius 3 is 2.71 bits per heavy atom. The van der Waals surface area contributed by atoms with E-state index in [0.717, 1.165) is 23.7 Å². The number of hydrogen-bond donors (Lipinski definition) is 1. The summed E-state index contributed by atoms with van der Waals surface area (Å²) in [4.78, 5) is 0. The molecule has 3 rings (SSSR count). The van der Waals surface area contributed by atoms with Crippen LogP contribution >= 0.6 is 11.6 Å². The Morgan fingerprint density at radius 1 is 1.18 bits per heavy atom. The lowest BCUT2D eigenvalue weighted by molar-refractivity contribution is 0.128. The van der Waals surface area contributed by atoms with Crippen LogP contribution in [-0.2, 0) is 6.54 Å². The molecule has 1 aromatic heterocycles. The Balaban J connectivity index is 1.90. The molecule has 0 radical (unpaired) electrons. The molecular formula is C14H14ClNO. The van der Waals surface area contributed by atoms with Crippen molar-refractivity contribution in [1.29, 1.82) is 0 Å². The molecule has 0 spiro atoms. The fraction of sp³-hybridized carbons (Fsp3) is 0.286. The van der Waals surface area contributed by atoms with E-state index in [2.05, 4.69) is 4.57 Å². The van der Waals surface area contributed by atoms with Gasteiger partial charge in [-0.1, -0.05) is 23.7 Å². The van der Waals surface area contributed by atoms with Gasteiger partial charge in [0.05, 0.1) is 6.10 Å². The summed E-state index contributed by atoms with van der Waals surface area (Å²) in [5.74, 6) is 0.363. The summed E-state index contributed by atoms with van der Waals surface area (Å²) in [6.07, 6.45) is 2.45. The molecule has 0 aliphatic carbocycles. The molecule has 1 aliphatic heterocycles. The van der Waals surface area contributed by atoms with Gasteiger partial charge in [0.15, 0.2) is 0 Å². The highest BCUT2D eigenvalue weighted by atomic mass is 35.5. The molecule has 88 valence electrons. The monoisotopic (exact) mass is 247 g/mol. The van der Waals surface area contributed by atoms with Gasteiger partial charge in [-0.05, 0) is 36.2 Å². The van der Waals surface area contributed by atoms with Gasteiger partial charge in [0.1, 0.15) is 0 Å². The van der Waals surface area contributed by atoms with Crippen LogP contribution in [0.15, 0.2) is 42.6 Å². The Labute approximate surface area is 105 Å². The van der Waals surface area contributed by atoms with Crippen molar-refractivity contribution < 1.29 is 5.11 Å². The van der Waals surface area contributed by atoms with Crippen molar-refractivity contribution in [2.75, 3.05) is 0 Å². The number of aliphatic hydroxyl groups is 1. The first-order valence-corrected chi connectivity index (χ1v) is 6.20. The molecule has 2 atom stereocenters. The number of rotatable bonds is 1. The van der Waals surface area contributed by atoms with E-state index < -0.39 is 0 Å². The van der Waals surface area contributed by atoms with E-state index in [0.29, 0.717) is 5.92 Å². The second-order valence-electron chi connectivity index (χ2n) is 4.59. The summed E-state index contributed by atoms with van der Waals surface area (Å²) in [7, 11) is 0. The second kappa shape index (κ2) is 4.21.